The molecule has 5 nitrogen and oxygen atoms in total. The second kappa shape index (κ2) is 7.95. The van der Waals surface area contributed by atoms with Crippen LogP contribution in [0.25, 0.3) is 0 Å². The molecule has 116 valence electrons. The van der Waals surface area contributed by atoms with Crippen LogP contribution >= 0.6 is 0 Å². The third-order valence-corrected chi connectivity index (χ3v) is 3.45. The minimum atomic E-state index is -0.592. The van der Waals surface area contributed by atoms with Crippen molar-refractivity contribution in [1.29, 1.82) is 0 Å². The van der Waals surface area contributed by atoms with Gasteiger partial charge in [0.15, 0.2) is 0 Å². The van der Waals surface area contributed by atoms with Gasteiger partial charge in [0.1, 0.15) is 17.1 Å². The van der Waals surface area contributed by atoms with Gasteiger partial charge < -0.3 is 20.1 Å². The first-order valence-electron chi connectivity index (χ1n) is 7.15. The summed E-state index contributed by atoms with van der Waals surface area (Å²) in [5, 5.41) is 5.91. The van der Waals surface area contributed by atoms with Crippen molar-refractivity contribution in [3.8, 4) is 5.75 Å². The summed E-state index contributed by atoms with van der Waals surface area (Å²) in [6, 6.07) is 4.30. The molecule has 1 heterocycles. The Labute approximate surface area is 123 Å². The Morgan fingerprint density at radius 2 is 2.19 bits per heavy atom. The average Bonchev–Trinajstić information content (AvgIpc) is 2.52. The predicted molar refractivity (Wildman–Crippen MR) is 77.1 cm³/mol. The smallest absolute Gasteiger partial charge is 0.258 e. The Kier molecular flexibility index (Phi) is 5.95. The van der Waals surface area contributed by atoms with E-state index in [1.807, 2.05) is 0 Å². The van der Waals surface area contributed by atoms with Crippen LogP contribution in [0.4, 0.5) is 4.39 Å². The lowest BCUT2D eigenvalue weighted by atomic mass is 10.1. The molecule has 6 heteroatoms. The fourth-order valence-corrected chi connectivity index (χ4v) is 2.34. The van der Waals surface area contributed by atoms with Gasteiger partial charge >= 0.3 is 0 Å². The van der Waals surface area contributed by atoms with E-state index in [0.29, 0.717) is 13.2 Å². The molecule has 0 saturated carbocycles. The molecular weight excluding hydrogens is 275 g/mol. The van der Waals surface area contributed by atoms with Gasteiger partial charge in [0.05, 0.1) is 19.8 Å². The normalized spacial score (nSPS) is 15.7. The second-order valence-corrected chi connectivity index (χ2v) is 4.89. The first-order chi connectivity index (χ1) is 10.2. The monoisotopic (exact) mass is 296 g/mol. The fraction of sp³-hybridized carbons (Fsp3) is 0.533. The van der Waals surface area contributed by atoms with Crippen molar-refractivity contribution in [2.24, 2.45) is 0 Å². The van der Waals surface area contributed by atoms with Gasteiger partial charge in [-0.1, -0.05) is 6.07 Å². The molecule has 2 rings (SSSR count). The van der Waals surface area contributed by atoms with Crippen LogP contribution < -0.4 is 15.4 Å². The molecule has 0 aromatic heterocycles. The molecule has 1 aromatic carbocycles. The maximum absolute atomic E-state index is 13.7. The molecular formula is C15H21FN2O3. The highest BCUT2D eigenvalue weighted by molar-refractivity contribution is 5.97. The molecule has 1 aromatic rings. The van der Waals surface area contributed by atoms with Crippen LogP contribution in [0.2, 0.25) is 0 Å². The van der Waals surface area contributed by atoms with Crippen molar-refractivity contribution in [1.82, 2.24) is 10.6 Å². The summed E-state index contributed by atoms with van der Waals surface area (Å²) in [4.78, 5) is 12.0. The maximum Gasteiger partial charge on any atom is 0.258 e. The summed E-state index contributed by atoms with van der Waals surface area (Å²) >= 11 is 0. The SMILES string of the molecule is COc1cccc(F)c1C(=O)NCCOC1CCNCC1. The highest BCUT2D eigenvalue weighted by Gasteiger charge is 2.17. The third kappa shape index (κ3) is 4.41. The van der Waals surface area contributed by atoms with Crippen LogP contribution in [-0.2, 0) is 4.74 Å². The lowest BCUT2D eigenvalue weighted by Crippen LogP contribution is -2.35. The number of piperidine rings is 1. The molecule has 21 heavy (non-hydrogen) atoms. The summed E-state index contributed by atoms with van der Waals surface area (Å²) < 4.78 is 24.4. The van der Waals surface area contributed by atoms with Crippen molar-refractivity contribution < 1.29 is 18.7 Å². The topological polar surface area (TPSA) is 59.6 Å². The van der Waals surface area contributed by atoms with Crippen LogP contribution in [0.3, 0.4) is 0 Å². The molecule has 0 unspecified atom stereocenters. The van der Waals surface area contributed by atoms with Gasteiger partial charge in [-0.2, -0.15) is 0 Å². The van der Waals surface area contributed by atoms with Gasteiger partial charge in [0.2, 0.25) is 0 Å². The molecule has 1 fully saturated rings. The van der Waals surface area contributed by atoms with Gasteiger partial charge in [-0.15, -0.1) is 0 Å². The summed E-state index contributed by atoms with van der Waals surface area (Å²) in [5.41, 5.74) is -0.0677. The molecule has 2 N–H and O–H groups in total. The number of hydrogen-bond acceptors (Lipinski definition) is 4. The number of methoxy groups -OCH3 is 1. The number of amides is 1. The van der Waals surface area contributed by atoms with Crippen molar-refractivity contribution in [3.63, 3.8) is 0 Å². The number of nitrogens with one attached hydrogen (secondary N) is 2. The fourth-order valence-electron chi connectivity index (χ4n) is 2.34. The zero-order chi connectivity index (χ0) is 15.1. The van der Waals surface area contributed by atoms with E-state index < -0.39 is 11.7 Å². The molecule has 0 atom stereocenters. The van der Waals surface area contributed by atoms with E-state index in [4.69, 9.17) is 9.47 Å². The van der Waals surface area contributed by atoms with Gasteiger partial charge in [-0.05, 0) is 38.1 Å². The Balaban J connectivity index is 1.79. The Morgan fingerprint density at radius 1 is 1.43 bits per heavy atom. The standard InChI is InChI=1S/C15H21FN2O3/c1-20-13-4-2-3-12(16)14(13)15(19)18-9-10-21-11-5-7-17-8-6-11/h2-4,11,17H,5-10H2,1H3,(H,18,19). The quantitative estimate of drug-likeness (QED) is 0.778. The lowest BCUT2D eigenvalue weighted by molar-refractivity contribution is 0.0343. The zero-order valence-electron chi connectivity index (χ0n) is 12.2. The number of ether oxygens (including phenoxy) is 2. The first-order valence-corrected chi connectivity index (χ1v) is 7.15. The molecule has 0 radical (unpaired) electrons. The van der Waals surface area contributed by atoms with Gasteiger partial charge in [0, 0.05) is 6.54 Å². The van der Waals surface area contributed by atoms with Gasteiger partial charge in [-0.25, -0.2) is 4.39 Å². The largest absolute Gasteiger partial charge is 0.496 e. The summed E-state index contributed by atoms with van der Waals surface area (Å²) in [5.74, 6) is -0.850. The molecule has 1 aliphatic heterocycles. The van der Waals surface area contributed by atoms with E-state index in [1.54, 1.807) is 6.07 Å². The van der Waals surface area contributed by atoms with E-state index in [-0.39, 0.29) is 17.4 Å². The zero-order valence-corrected chi connectivity index (χ0v) is 12.2. The van der Waals surface area contributed by atoms with Crippen molar-refractivity contribution in [3.05, 3.63) is 29.6 Å². The molecule has 1 amide bonds. The van der Waals surface area contributed by atoms with Crippen molar-refractivity contribution in [2.45, 2.75) is 18.9 Å². The Morgan fingerprint density at radius 3 is 2.90 bits per heavy atom. The van der Waals surface area contributed by atoms with E-state index in [2.05, 4.69) is 10.6 Å². The van der Waals surface area contributed by atoms with E-state index in [0.717, 1.165) is 25.9 Å². The number of carbonyl (C=O) groups excluding carboxylic acids is 1. The second-order valence-electron chi connectivity index (χ2n) is 4.89. The van der Waals surface area contributed by atoms with E-state index in [1.165, 1.54) is 19.2 Å². The van der Waals surface area contributed by atoms with Crippen LogP contribution in [0.5, 0.6) is 5.75 Å². The maximum atomic E-state index is 13.7. The lowest BCUT2D eigenvalue weighted by Gasteiger charge is -2.23. The van der Waals surface area contributed by atoms with Gasteiger partial charge in [0.25, 0.3) is 5.91 Å². The molecule has 0 bridgehead atoms. The minimum absolute atomic E-state index is 0.0677. The highest BCUT2D eigenvalue weighted by Crippen LogP contribution is 2.20. The number of benzene rings is 1. The number of rotatable bonds is 6. The summed E-state index contributed by atoms with van der Waals surface area (Å²) in [7, 11) is 1.41. The number of carbonyl (C=O) groups is 1. The minimum Gasteiger partial charge on any atom is -0.496 e. The van der Waals surface area contributed by atoms with Crippen LogP contribution in [0.15, 0.2) is 18.2 Å². The number of hydrogen-bond donors (Lipinski definition) is 2. The first kappa shape index (κ1) is 15.7. The predicted octanol–water partition coefficient (Wildman–Crippen LogP) is 1.33. The van der Waals surface area contributed by atoms with E-state index >= 15 is 0 Å². The third-order valence-electron chi connectivity index (χ3n) is 3.45. The summed E-state index contributed by atoms with van der Waals surface area (Å²) in [6.45, 7) is 2.69. The highest BCUT2D eigenvalue weighted by atomic mass is 19.1. The van der Waals surface area contributed by atoms with Crippen LogP contribution in [-0.4, -0.2) is 45.4 Å². The van der Waals surface area contributed by atoms with Crippen molar-refractivity contribution >= 4 is 5.91 Å². The molecule has 1 saturated heterocycles. The molecule has 0 aliphatic carbocycles. The van der Waals surface area contributed by atoms with Gasteiger partial charge in [-0.3, -0.25) is 4.79 Å². The Hall–Kier alpha value is -1.66. The van der Waals surface area contributed by atoms with Crippen LogP contribution in [0.1, 0.15) is 23.2 Å². The van der Waals surface area contributed by atoms with E-state index in [9.17, 15) is 9.18 Å². The molecule has 0 spiro atoms. The average molecular weight is 296 g/mol. The molecule has 1 aliphatic rings. The Bertz CT molecular complexity index is 476. The van der Waals surface area contributed by atoms with Crippen LogP contribution in [0, 0.1) is 5.82 Å². The van der Waals surface area contributed by atoms with Crippen molar-refractivity contribution in [2.75, 3.05) is 33.4 Å². The summed E-state index contributed by atoms with van der Waals surface area (Å²) in [6.07, 6.45) is 2.20. The number of halogens is 1.